The van der Waals surface area contributed by atoms with Gasteiger partial charge in [0.2, 0.25) is 0 Å². The van der Waals surface area contributed by atoms with Crippen LogP contribution in [0.1, 0.15) is 11.4 Å². The summed E-state index contributed by atoms with van der Waals surface area (Å²) in [5.41, 5.74) is 3.29. The van der Waals surface area contributed by atoms with E-state index >= 15 is 0 Å². The van der Waals surface area contributed by atoms with Gasteiger partial charge in [0.1, 0.15) is 11.6 Å². The second-order valence-electron chi connectivity index (χ2n) is 4.62. The van der Waals surface area contributed by atoms with Crippen LogP contribution in [-0.4, -0.2) is 16.6 Å². The van der Waals surface area contributed by atoms with Crippen molar-refractivity contribution in [1.29, 1.82) is 0 Å². The van der Waals surface area contributed by atoms with Crippen LogP contribution in [0.5, 0.6) is 5.75 Å². The summed E-state index contributed by atoms with van der Waals surface area (Å²) in [4.78, 5) is 7.83. The van der Waals surface area contributed by atoms with Gasteiger partial charge >= 0.3 is 0 Å². The van der Waals surface area contributed by atoms with Gasteiger partial charge in [-0.2, -0.15) is 0 Å². The molecule has 0 unspecified atom stereocenters. The Morgan fingerprint density at radius 3 is 2.84 bits per heavy atom. The molecule has 0 radical (unpaired) electrons. The molecule has 0 amide bonds. The highest BCUT2D eigenvalue weighted by molar-refractivity contribution is 5.74. The summed E-state index contributed by atoms with van der Waals surface area (Å²) >= 11 is 0. The summed E-state index contributed by atoms with van der Waals surface area (Å²) in [7, 11) is 0. The Morgan fingerprint density at radius 1 is 1.11 bits per heavy atom. The lowest BCUT2D eigenvalue weighted by Gasteiger charge is -2.05. The monoisotopic (exact) mass is 252 g/mol. The minimum absolute atomic E-state index is 0.628. The Hall–Kier alpha value is -2.29. The summed E-state index contributed by atoms with van der Waals surface area (Å²) < 4.78 is 5.73. The van der Waals surface area contributed by atoms with Gasteiger partial charge in [0, 0.05) is 6.42 Å². The second kappa shape index (κ2) is 5.14. The minimum Gasteiger partial charge on any atom is -0.493 e. The predicted molar refractivity (Wildman–Crippen MR) is 76.5 cm³/mol. The van der Waals surface area contributed by atoms with E-state index in [1.807, 2.05) is 42.5 Å². The molecule has 0 saturated heterocycles. The molecule has 0 aliphatic rings. The topological polar surface area (TPSA) is 37.9 Å². The van der Waals surface area contributed by atoms with E-state index in [1.54, 1.807) is 0 Å². The summed E-state index contributed by atoms with van der Waals surface area (Å²) in [6.07, 6.45) is 0.780. The molecule has 1 aromatic heterocycles. The zero-order valence-corrected chi connectivity index (χ0v) is 10.9. The molecule has 0 atom stereocenters. The predicted octanol–water partition coefficient (Wildman–Crippen LogP) is 3.49. The first-order valence-electron chi connectivity index (χ1n) is 6.44. The fraction of sp³-hybridized carbons (Fsp3) is 0.188. The average Bonchev–Trinajstić information content (AvgIpc) is 2.81. The smallest absolute Gasteiger partial charge is 0.119 e. The first kappa shape index (κ1) is 11.8. The second-order valence-corrected chi connectivity index (χ2v) is 4.62. The lowest BCUT2D eigenvalue weighted by atomic mass is 10.2. The van der Waals surface area contributed by atoms with Crippen molar-refractivity contribution in [3.63, 3.8) is 0 Å². The minimum atomic E-state index is 0.628. The molecule has 1 heterocycles. The van der Waals surface area contributed by atoms with Crippen LogP contribution in [0.3, 0.4) is 0 Å². The molecule has 3 heteroatoms. The first-order chi connectivity index (χ1) is 9.31. The fourth-order valence-corrected chi connectivity index (χ4v) is 2.09. The molecule has 0 spiro atoms. The standard InChI is InChI=1S/C16H16N2O/c1-12-5-4-6-13(11-12)19-10-9-16-17-14-7-2-3-8-15(14)18-16/h2-8,11H,9-10H2,1H3,(H,17,18). The van der Waals surface area contributed by atoms with Crippen molar-refractivity contribution in [3.8, 4) is 5.75 Å². The number of aryl methyl sites for hydroxylation is 1. The van der Waals surface area contributed by atoms with Gasteiger partial charge in [-0.3, -0.25) is 0 Å². The Bertz CT molecular complexity index is 655. The van der Waals surface area contributed by atoms with Crippen LogP contribution >= 0.6 is 0 Å². The Kier molecular flexibility index (Phi) is 3.19. The van der Waals surface area contributed by atoms with Crippen molar-refractivity contribution >= 4 is 11.0 Å². The van der Waals surface area contributed by atoms with E-state index in [1.165, 1.54) is 5.56 Å². The SMILES string of the molecule is Cc1cccc(OCCc2nc3ccccc3[nH]2)c1. The number of ether oxygens (including phenoxy) is 1. The van der Waals surface area contributed by atoms with Gasteiger partial charge in [-0.25, -0.2) is 4.98 Å². The number of H-pyrrole nitrogens is 1. The van der Waals surface area contributed by atoms with Gasteiger partial charge in [0.25, 0.3) is 0 Å². The Morgan fingerprint density at radius 2 is 2.00 bits per heavy atom. The summed E-state index contributed by atoms with van der Waals surface area (Å²) in [5, 5.41) is 0. The normalized spacial score (nSPS) is 10.8. The molecule has 2 aromatic carbocycles. The number of imidazole rings is 1. The van der Waals surface area contributed by atoms with Crippen LogP contribution in [0, 0.1) is 6.92 Å². The largest absolute Gasteiger partial charge is 0.493 e. The van der Waals surface area contributed by atoms with Gasteiger partial charge in [0.15, 0.2) is 0 Å². The van der Waals surface area contributed by atoms with E-state index < -0.39 is 0 Å². The van der Waals surface area contributed by atoms with Gasteiger partial charge in [-0.1, -0.05) is 24.3 Å². The lowest BCUT2D eigenvalue weighted by Crippen LogP contribution is -2.02. The van der Waals surface area contributed by atoms with Crippen molar-refractivity contribution in [2.24, 2.45) is 0 Å². The summed E-state index contributed by atoms with van der Waals surface area (Å²) in [6.45, 7) is 2.69. The van der Waals surface area contributed by atoms with Gasteiger partial charge in [0.05, 0.1) is 17.6 Å². The van der Waals surface area contributed by atoms with E-state index in [9.17, 15) is 0 Å². The highest BCUT2D eigenvalue weighted by Crippen LogP contribution is 2.14. The molecule has 3 nitrogen and oxygen atoms in total. The maximum atomic E-state index is 5.73. The highest BCUT2D eigenvalue weighted by atomic mass is 16.5. The number of benzene rings is 2. The number of aromatic nitrogens is 2. The van der Waals surface area contributed by atoms with Crippen LogP contribution in [-0.2, 0) is 6.42 Å². The quantitative estimate of drug-likeness (QED) is 0.771. The number of rotatable bonds is 4. The highest BCUT2D eigenvalue weighted by Gasteiger charge is 2.02. The van der Waals surface area contributed by atoms with E-state index in [2.05, 4.69) is 23.0 Å². The molecule has 1 N–H and O–H groups in total. The lowest BCUT2D eigenvalue weighted by molar-refractivity contribution is 0.319. The average molecular weight is 252 g/mol. The molecule has 0 saturated carbocycles. The van der Waals surface area contributed by atoms with Crippen LogP contribution in [0.2, 0.25) is 0 Å². The van der Waals surface area contributed by atoms with Crippen LogP contribution in [0.15, 0.2) is 48.5 Å². The van der Waals surface area contributed by atoms with Gasteiger partial charge in [-0.15, -0.1) is 0 Å². The van der Waals surface area contributed by atoms with Gasteiger partial charge < -0.3 is 9.72 Å². The third-order valence-corrected chi connectivity index (χ3v) is 3.04. The summed E-state index contributed by atoms with van der Waals surface area (Å²) in [5.74, 6) is 1.88. The molecule has 0 bridgehead atoms. The maximum Gasteiger partial charge on any atom is 0.119 e. The first-order valence-corrected chi connectivity index (χ1v) is 6.44. The molecule has 3 rings (SSSR count). The number of nitrogens with one attached hydrogen (secondary N) is 1. The summed E-state index contributed by atoms with van der Waals surface area (Å²) in [6, 6.07) is 16.1. The van der Waals surface area contributed by atoms with E-state index in [4.69, 9.17) is 4.74 Å². The molecular formula is C16H16N2O. The molecule has 19 heavy (non-hydrogen) atoms. The van der Waals surface area contributed by atoms with Crippen molar-refractivity contribution < 1.29 is 4.74 Å². The fourth-order valence-electron chi connectivity index (χ4n) is 2.09. The van der Waals surface area contributed by atoms with Crippen molar-refractivity contribution in [2.45, 2.75) is 13.3 Å². The van der Waals surface area contributed by atoms with Crippen LogP contribution < -0.4 is 4.74 Å². The number of hydrogen-bond donors (Lipinski definition) is 1. The number of nitrogens with zero attached hydrogens (tertiary/aromatic N) is 1. The zero-order valence-electron chi connectivity index (χ0n) is 10.9. The van der Waals surface area contributed by atoms with E-state index in [-0.39, 0.29) is 0 Å². The molecule has 0 aliphatic carbocycles. The Labute approximate surface area is 112 Å². The molecule has 96 valence electrons. The third-order valence-electron chi connectivity index (χ3n) is 3.04. The maximum absolute atomic E-state index is 5.73. The van der Waals surface area contributed by atoms with Crippen LogP contribution in [0.25, 0.3) is 11.0 Å². The van der Waals surface area contributed by atoms with Crippen LogP contribution in [0.4, 0.5) is 0 Å². The molecule has 0 aliphatic heterocycles. The molecular weight excluding hydrogens is 236 g/mol. The third kappa shape index (κ3) is 2.76. The zero-order chi connectivity index (χ0) is 13.1. The number of aromatic amines is 1. The van der Waals surface area contributed by atoms with E-state index in [0.29, 0.717) is 6.61 Å². The molecule has 0 fully saturated rings. The van der Waals surface area contributed by atoms with Gasteiger partial charge in [-0.05, 0) is 36.8 Å². The molecule has 3 aromatic rings. The van der Waals surface area contributed by atoms with E-state index in [0.717, 1.165) is 29.0 Å². The Balaban J connectivity index is 1.63. The van der Waals surface area contributed by atoms with Crippen molar-refractivity contribution in [1.82, 2.24) is 9.97 Å². The number of hydrogen-bond acceptors (Lipinski definition) is 2. The number of fused-ring (bicyclic) bond motifs is 1. The van der Waals surface area contributed by atoms with Crippen molar-refractivity contribution in [3.05, 3.63) is 59.9 Å². The number of para-hydroxylation sites is 2. The van der Waals surface area contributed by atoms with Crippen molar-refractivity contribution in [2.75, 3.05) is 6.61 Å².